The van der Waals surface area contributed by atoms with E-state index in [2.05, 4.69) is 6.92 Å². The molecule has 1 aliphatic heterocycles. The molecule has 0 bridgehead atoms. The maximum Gasteiger partial charge on any atom is 0.303 e. The zero-order valence-corrected chi connectivity index (χ0v) is 15.5. The number of aryl methyl sites for hydroxylation is 1. The predicted octanol–water partition coefficient (Wildman–Crippen LogP) is 3.28. The van der Waals surface area contributed by atoms with Gasteiger partial charge in [0, 0.05) is 12.5 Å². The molecule has 0 saturated carbocycles. The summed E-state index contributed by atoms with van der Waals surface area (Å²) in [4.78, 5) is 22.4. The van der Waals surface area contributed by atoms with E-state index in [4.69, 9.17) is 14.2 Å². The number of esters is 1. The third-order valence-electron chi connectivity index (χ3n) is 5.22. The average Bonchev–Trinajstić information content (AvgIpc) is 3.03. The molecule has 0 radical (unpaired) electrons. The minimum Gasteiger partial charge on any atom is -0.484 e. The van der Waals surface area contributed by atoms with Gasteiger partial charge in [-0.2, -0.15) is 0 Å². The first-order valence-electron chi connectivity index (χ1n) is 9.19. The molecule has 2 aromatic rings. The summed E-state index contributed by atoms with van der Waals surface area (Å²) < 4.78 is 17.0. The maximum absolute atomic E-state index is 11.3. The summed E-state index contributed by atoms with van der Waals surface area (Å²) in [5.74, 6) is 0.519. The summed E-state index contributed by atoms with van der Waals surface area (Å²) in [6, 6.07) is 9.73. The van der Waals surface area contributed by atoms with Crippen LogP contribution < -0.4 is 4.74 Å². The van der Waals surface area contributed by atoms with Gasteiger partial charge in [0.25, 0.3) is 0 Å². The summed E-state index contributed by atoms with van der Waals surface area (Å²) in [7, 11) is 0. The molecule has 2 atom stereocenters. The molecule has 1 saturated heterocycles. The molecule has 0 spiro atoms. The zero-order valence-electron chi connectivity index (χ0n) is 15.5. The van der Waals surface area contributed by atoms with Crippen molar-refractivity contribution in [1.29, 1.82) is 0 Å². The first-order valence-corrected chi connectivity index (χ1v) is 9.19. The molecule has 0 N–H and O–H groups in total. The lowest BCUT2D eigenvalue weighted by Gasteiger charge is -2.30. The number of aldehydes is 1. The fourth-order valence-electron chi connectivity index (χ4n) is 3.90. The molecule has 1 heterocycles. The lowest BCUT2D eigenvalue weighted by molar-refractivity contribution is -0.149. The van der Waals surface area contributed by atoms with Crippen molar-refractivity contribution in [2.75, 3.05) is 13.2 Å². The van der Waals surface area contributed by atoms with Crippen LogP contribution in [0.2, 0.25) is 0 Å². The average molecular weight is 366 g/mol. The van der Waals surface area contributed by atoms with Gasteiger partial charge in [-0.25, -0.2) is 0 Å². The third kappa shape index (κ3) is 3.35. The lowest BCUT2D eigenvalue weighted by atomic mass is 9.79. The molecular formula is C22H22O5. The van der Waals surface area contributed by atoms with E-state index >= 15 is 0 Å². The molecule has 2 aromatic carbocycles. The fraction of sp³-hybridized carbons (Fsp3) is 0.364. The van der Waals surface area contributed by atoms with Crippen molar-refractivity contribution in [2.45, 2.75) is 38.9 Å². The first kappa shape index (κ1) is 17.7. The second kappa shape index (κ2) is 7.16. The summed E-state index contributed by atoms with van der Waals surface area (Å²) >= 11 is 0. The largest absolute Gasteiger partial charge is 0.484 e. The Kier molecular flexibility index (Phi) is 4.70. The van der Waals surface area contributed by atoms with E-state index in [1.165, 1.54) is 23.6 Å². The Labute approximate surface area is 158 Å². The van der Waals surface area contributed by atoms with Crippen molar-refractivity contribution >= 4 is 12.3 Å². The lowest BCUT2D eigenvalue weighted by Crippen LogP contribution is -2.34. The van der Waals surface area contributed by atoms with Gasteiger partial charge in [0.15, 0.2) is 12.2 Å². The number of rotatable bonds is 5. The van der Waals surface area contributed by atoms with Gasteiger partial charge in [-0.05, 0) is 59.7 Å². The van der Waals surface area contributed by atoms with E-state index < -0.39 is 0 Å². The Bertz CT molecular complexity index is 902. The summed E-state index contributed by atoms with van der Waals surface area (Å²) in [5.41, 5.74) is 6.49. The van der Waals surface area contributed by atoms with Crippen LogP contribution in [-0.4, -0.2) is 37.7 Å². The highest BCUT2D eigenvalue weighted by molar-refractivity contribution is 5.82. The van der Waals surface area contributed by atoms with Crippen molar-refractivity contribution in [2.24, 2.45) is 0 Å². The summed E-state index contributed by atoms with van der Waals surface area (Å²) in [6.07, 6.45) is 2.15. The van der Waals surface area contributed by atoms with E-state index in [1.807, 2.05) is 30.3 Å². The standard InChI is InChI=1S/C22H22O5/c1-13-8-19(27-21-12-25-11-20(21)26-14(2)24)17-6-7-18(17)22(13)16-5-3-4-15(9-16)10-23/h3-5,8-10,20-21H,6-7,11-12H2,1-2H3. The van der Waals surface area contributed by atoms with Crippen LogP contribution in [0.5, 0.6) is 5.75 Å². The molecule has 2 unspecified atom stereocenters. The van der Waals surface area contributed by atoms with Crippen LogP contribution in [-0.2, 0) is 27.1 Å². The van der Waals surface area contributed by atoms with Crippen LogP contribution in [0.1, 0.15) is 34.0 Å². The SMILES string of the molecule is CC(=O)OC1COCC1Oc1cc(C)c(-c2cccc(C=O)c2)c2c1CC2. The Hall–Kier alpha value is -2.66. The van der Waals surface area contributed by atoms with Crippen LogP contribution >= 0.6 is 0 Å². The van der Waals surface area contributed by atoms with Gasteiger partial charge >= 0.3 is 5.97 Å². The zero-order chi connectivity index (χ0) is 19.0. The van der Waals surface area contributed by atoms with Gasteiger partial charge in [0.2, 0.25) is 0 Å². The maximum atomic E-state index is 11.3. The van der Waals surface area contributed by atoms with Gasteiger partial charge in [-0.1, -0.05) is 18.2 Å². The molecule has 4 rings (SSSR count). The Morgan fingerprint density at radius 2 is 1.93 bits per heavy atom. The van der Waals surface area contributed by atoms with Gasteiger partial charge in [-0.3, -0.25) is 9.59 Å². The third-order valence-corrected chi connectivity index (χ3v) is 5.22. The Morgan fingerprint density at radius 3 is 2.63 bits per heavy atom. The van der Waals surface area contributed by atoms with Crippen LogP contribution in [0.25, 0.3) is 11.1 Å². The topological polar surface area (TPSA) is 61.8 Å². The van der Waals surface area contributed by atoms with Gasteiger partial charge in [0.1, 0.15) is 12.0 Å². The molecule has 0 aromatic heterocycles. The molecule has 5 nitrogen and oxygen atoms in total. The highest BCUT2D eigenvalue weighted by Gasteiger charge is 2.34. The molecular weight excluding hydrogens is 344 g/mol. The number of hydrogen-bond donors (Lipinski definition) is 0. The van der Waals surface area contributed by atoms with Crippen LogP contribution in [0.4, 0.5) is 0 Å². The Morgan fingerprint density at radius 1 is 1.15 bits per heavy atom. The summed E-state index contributed by atoms with van der Waals surface area (Å²) in [6.45, 7) is 4.23. The van der Waals surface area contributed by atoms with Crippen LogP contribution in [0.3, 0.4) is 0 Å². The van der Waals surface area contributed by atoms with Crippen molar-refractivity contribution in [3.05, 3.63) is 52.6 Å². The normalized spacial score (nSPS) is 20.5. The quantitative estimate of drug-likeness (QED) is 0.600. The van der Waals surface area contributed by atoms with Gasteiger partial charge in [-0.15, -0.1) is 0 Å². The minimum atomic E-state index is -0.373. The van der Waals surface area contributed by atoms with E-state index in [-0.39, 0.29) is 18.2 Å². The van der Waals surface area contributed by atoms with Gasteiger partial charge in [0.05, 0.1) is 13.2 Å². The highest BCUT2D eigenvalue weighted by atomic mass is 16.6. The second-order valence-electron chi connectivity index (χ2n) is 7.11. The van der Waals surface area contributed by atoms with E-state index in [9.17, 15) is 9.59 Å². The number of carbonyl (C=O) groups excluding carboxylic acids is 2. The van der Waals surface area contributed by atoms with E-state index in [0.29, 0.717) is 18.8 Å². The van der Waals surface area contributed by atoms with Crippen molar-refractivity contribution in [1.82, 2.24) is 0 Å². The number of fused-ring (bicyclic) bond motifs is 1. The molecule has 5 heteroatoms. The number of benzene rings is 2. The molecule has 0 amide bonds. The van der Waals surface area contributed by atoms with E-state index in [1.54, 1.807) is 0 Å². The Balaban J connectivity index is 1.65. The monoisotopic (exact) mass is 366 g/mol. The molecule has 1 aliphatic carbocycles. The van der Waals surface area contributed by atoms with Crippen molar-refractivity contribution in [3.63, 3.8) is 0 Å². The minimum absolute atomic E-state index is 0.290. The van der Waals surface area contributed by atoms with Crippen molar-refractivity contribution in [3.8, 4) is 16.9 Å². The molecule has 140 valence electrons. The number of hydrogen-bond acceptors (Lipinski definition) is 5. The molecule has 2 aliphatic rings. The van der Waals surface area contributed by atoms with Crippen LogP contribution in [0, 0.1) is 6.92 Å². The van der Waals surface area contributed by atoms with Gasteiger partial charge < -0.3 is 14.2 Å². The first-order chi connectivity index (χ1) is 13.1. The molecule has 27 heavy (non-hydrogen) atoms. The smallest absolute Gasteiger partial charge is 0.303 e. The second-order valence-corrected chi connectivity index (χ2v) is 7.11. The van der Waals surface area contributed by atoms with E-state index in [0.717, 1.165) is 36.0 Å². The summed E-state index contributed by atoms with van der Waals surface area (Å²) in [5, 5.41) is 0. The molecule has 1 fully saturated rings. The highest BCUT2D eigenvalue weighted by Crippen LogP contribution is 2.42. The predicted molar refractivity (Wildman–Crippen MR) is 100 cm³/mol. The fourth-order valence-corrected chi connectivity index (χ4v) is 3.90. The number of carbonyl (C=O) groups is 2. The van der Waals surface area contributed by atoms with Crippen molar-refractivity contribution < 1.29 is 23.8 Å². The number of ether oxygens (including phenoxy) is 3. The van der Waals surface area contributed by atoms with Crippen LogP contribution in [0.15, 0.2) is 30.3 Å².